The van der Waals surface area contributed by atoms with Crippen molar-refractivity contribution in [2.45, 2.75) is 20.0 Å². The Morgan fingerprint density at radius 3 is 2.74 bits per heavy atom. The van der Waals surface area contributed by atoms with Crippen molar-refractivity contribution < 1.29 is 14.9 Å². The number of rotatable bonds is 8. The number of halogens is 1. The molecule has 0 radical (unpaired) electrons. The number of hydrogen-bond acceptors (Lipinski definition) is 4. The van der Waals surface area contributed by atoms with Crippen LogP contribution in [0, 0.1) is 12.8 Å². The van der Waals surface area contributed by atoms with Crippen molar-refractivity contribution in [3.8, 4) is 5.75 Å². The van der Waals surface area contributed by atoms with Gasteiger partial charge in [0, 0.05) is 13.2 Å². The molecule has 0 saturated carbocycles. The summed E-state index contributed by atoms with van der Waals surface area (Å²) in [5.41, 5.74) is 1.15. The molecule has 0 saturated heterocycles. The molecule has 19 heavy (non-hydrogen) atoms. The quantitative estimate of drug-likeness (QED) is 0.678. The third-order valence-corrected chi connectivity index (χ3v) is 3.32. The minimum absolute atomic E-state index is 0.149. The lowest BCUT2D eigenvalue weighted by Crippen LogP contribution is -2.34. The fourth-order valence-electron chi connectivity index (χ4n) is 1.53. The first-order valence-electron chi connectivity index (χ1n) is 6.41. The average molecular weight is 332 g/mol. The van der Waals surface area contributed by atoms with Crippen molar-refractivity contribution in [2.75, 3.05) is 26.3 Å². The van der Waals surface area contributed by atoms with E-state index in [1.54, 1.807) is 0 Å². The summed E-state index contributed by atoms with van der Waals surface area (Å²) >= 11 is 3.43. The second-order valence-corrected chi connectivity index (χ2v) is 5.70. The van der Waals surface area contributed by atoms with Gasteiger partial charge in [-0.25, -0.2) is 0 Å². The van der Waals surface area contributed by atoms with Crippen LogP contribution in [-0.4, -0.2) is 42.6 Å². The summed E-state index contributed by atoms with van der Waals surface area (Å²) in [6.07, 6.45) is -0.570. The van der Waals surface area contributed by atoms with Crippen LogP contribution in [0.1, 0.15) is 12.5 Å². The predicted molar refractivity (Wildman–Crippen MR) is 79.5 cm³/mol. The largest absolute Gasteiger partial charge is 0.490 e. The molecule has 2 unspecified atom stereocenters. The van der Waals surface area contributed by atoms with Gasteiger partial charge < -0.3 is 20.3 Å². The Hall–Kier alpha value is -0.620. The summed E-state index contributed by atoms with van der Waals surface area (Å²) < 4.78 is 6.44. The normalized spacial score (nSPS) is 14.2. The van der Waals surface area contributed by atoms with Crippen LogP contribution < -0.4 is 10.1 Å². The zero-order chi connectivity index (χ0) is 14.3. The van der Waals surface area contributed by atoms with Gasteiger partial charge in [-0.2, -0.15) is 0 Å². The van der Waals surface area contributed by atoms with E-state index in [4.69, 9.17) is 9.84 Å². The minimum atomic E-state index is -0.570. The Morgan fingerprint density at radius 2 is 2.11 bits per heavy atom. The summed E-state index contributed by atoms with van der Waals surface area (Å²) in [4.78, 5) is 0. The molecular weight excluding hydrogens is 310 g/mol. The third kappa shape index (κ3) is 6.38. The van der Waals surface area contributed by atoms with Crippen LogP contribution in [0.15, 0.2) is 22.7 Å². The Labute approximate surface area is 122 Å². The van der Waals surface area contributed by atoms with Gasteiger partial charge in [-0.1, -0.05) is 13.0 Å². The third-order valence-electron chi connectivity index (χ3n) is 2.70. The number of aryl methyl sites for hydroxylation is 1. The van der Waals surface area contributed by atoms with Crippen molar-refractivity contribution in [3.63, 3.8) is 0 Å². The van der Waals surface area contributed by atoms with E-state index in [1.165, 1.54) is 0 Å². The minimum Gasteiger partial charge on any atom is -0.490 e. The SMILES string of the molecule is Cc1ccc(OCC(O)CNCC(C)CO)c(Br)c1. The molecule has 0 spiro atoms. The lowest BCUT2D eigenvalue weighted by Gasteiger charge is -2.15. The number of aliphatic hydroxyl groups is 2. The molecule has 0 aromatic heterocycles. The van der Waals surface area contributed by atoms with Gasteiger partial charge in [-0.05, 0) is 53.0 Å². The highest BCUT2D eigenvalue weighted by Gasteiger charge is 2.08. The number of hydrogen-bond donors (Lipinski definition) is 3. The number of aliphatic hydroxyl groups excluding tert-OH is 2. The van der Waals surface area contributed by atoms with Gasteiger partial charge in [-0.3, -0.25) is 0 Å². The average Bonchev–Trinajstić information content (AvgIpc) is 2.37. The summed E-state index contributed by atoms with van der Waals surface area (Å²) in [7, 11) is 0. The molecule has 0 bridgehead atoms. The summed E-state index contributed by atoms with van der Waals surface area (Å²) in [6, 6.07) is 5.82. The molecule has 2 atom stereocenters. The predicted octanol–water partition coefficient (Wildman–Crippen LogP) is 1.72. The van der Waals surface area contributed by atoms with Crippen molar-refractivity contribution >= 4 is 15.9 Å². The maximum Gasteiger partial charge on any atom is 0.133 e. The van der Waals surface area contributed by atoms with Crippen LogP contribution >= 0.6 is 15.9 Å². The topological polar surface area (TPSA) is 61.7 Å². The fraction of sp³-hybridized carbons (Fsp3) is 0.571. The van der Waals surface area contributed by atoms with Crippen LogP contribution in [0.2, 0.25) is 0 Å². The maximum absolute atomic E-state index is 9.78. The van der Waals surface area contributed by atoms with Crippen molar-refractivity contribution in [2.24, 2.45) is 5.92 Å². The van der Waals surface area contributed by atoms with Gasteiger partial charge in [0.05, 0.1) is 4.47 Å². The van der Waals surface area contributed by atoms with Gasteiger partial charge >= 0.3 is 0 Å². The van der Waals surface area contributed by atoms with E-state index in [-0.39, 0.29) is 19.1 Å². The van der Waals surface area contributed by atoms with Crippen molar-refractivity contribution in [3.05, 3.63) is 28.2 Å². The van der Waals surface area contributed by atoms with Crippen LogP contribution in [0.4, 0.5) is 0 Å². The van der Waals surface area contributed by atoms with Crippen LogP contribution in [0.5, 0.6) is 5.75 Å². The molecule has 3 N–H and O–H groups in total. The van der Waals surface area contributed by atoms with E-state index in [0.717, 1.165) is 15.8 Å². The van der Waals surface area contributed by atoms with Crippen LogP contribution in [0.3, 0.4) is 0 Å². The molecule has 1 aromatic rings. The molecule has 0 amide bonds. The standard InChI is InChI=1S/C14H22BrNO3/c1-10-3-4-14(13(15)5-10)19-9-12(18)7-16-6-11(2)8-17/h3-5,11-12,16-18H,6-9H2,1-2H3. The zero-order valence-electron chi connectivity index (χ0n) is 11.4. The lowest BCUT2D eigenvalue weighted by molar-refractivity contribution is 0.104. The lowest BCUT2D eigenvalue weighted by atomic mass is 10.2. The van der Waals surface area contributed by atoms with E-state index < -0.39 is 6.10 Å². The molecule has 1 aromatic carbocycles. The highest BCUT2D eigenvalue weighted by Crippen LogP contribution is 2.25. The molecule has 4 nitrogen and oxygen atoms in total. The molecule has 0 heterocycles. The van der Waals surface area contributed by atoms with E-state index in [1.807, 2.05) is 32.0 Å². The summed E-state index contributed by atoms with van der Waals surface area (Å²) in [5.74, 6) is 0.924. The van der Waals surface area contributed by atoms with Gasteiger partial charge in [0.2, 0.25) is 0 Å². The van der Waals surface area contributed by atoms with Gasteiger partial charge in [0.15, 0.2) is 0 Å². The van der Waals surface area contributed by atoms with E-state index in [0.29, 0.717) is 13.1 Å². The molecule has 0 aliphatic carbocycles. The Morgan fingerprint density at radius 1 is 1.37 bits per heavy atom. The number of ether oxygens (including phenoxy) is 1. The molecule has 0 aliphatic heterocycles. The van der Waals surface area contributed by atoms with Crippen LogP contribution in [0.25, 0.3) is 0 Å². The van der Waals surface area contributed by atoms with Crippen LogP contribution in [-0.2, 0) is 0 Å². The van der Waals surface area contributed by atoms with Crippen molar-refractivity contribution in [1.82, 2.24) is 5.32 Å². The Bertz CT molecular complexity index is 387. The molecular formula is C14H22BrNO3. The smallest absolute Gasteiger partial charge is 0.133 e. The Kier molecular flexibility index (Phi) is 7.38. The first-order valence-corrected chi connectivity index (χ1v) is 7.20. The monoisotopic (exact) mass is 331 g/mol. The first-order chi connectivity index (χ1) is 9.02. The highest BCUT2D eigenvalue weighted by molar-refractivity contribution is 9.10. The Balaban J connectivity index is 2.28. The summed E-state index contributed by atoms with van der Waals surface area (Å²) in [5, 5.41) is 21.7. The molecule has 108 valence electrons. The van der Waals surface area contributed by atoms with Gasteiger partial charge in [0.25, 0.3) is 0 Å². The molecule has 0 aliphatic rings. The van der Waals surface area contributed by atoms with Gasteiger partial charge in [-0.15, -0.1) is 0 Å². The number of benzene rings is 1. The fourth-order valence-corrected chi connectivity index (χ4v) is 2.14. The zero-order valence-corrected chi connectivity index (χ0v) is 13.0. The first kappa shape index (κ1) is 16.4. The second-order valence-electron chi connectivity index (χ2n) is 4.84. The second kappa shape index (κ2) is 8.53. The van der Waals surface area contributed by atoms with E-state index in [2.05, 4.69) is 21.2 Å². The number of nitrogens with one attached hydrogen (secondary N) is 1. The summed E-state index contributed by atoms with van der Waals surface area (Å²) in [6.45, 7) is 5.47. The maximum atomic E-state index is 9.78. The van der Waals surface area contributed by atoms with Crippen molar-refractivity contribution in [1.29, 1.82) is 0 Å². The molecule has 5 heteroatoms. The highest BCUT2D eigenvalue weighted by atomic mass is 79.9. The molecule has 1 rings (SSSR count). The van der Waals surface area contributed by atoms with E-state index >= 15 is 0 Å². The molecule has 0 fully saturated rings. The van der Waals surface area contributed by atoms with E-state index in [9.17, 15) is 5.11 Å². The van der Waals surface area contributed by atoms with Gasteiger partial charge in [0.1, 0.15) is 18.5 Å².